The van der Waals surface area contributed by atoms with Gasteiger partial charge in [0, 0.05) is 5.56 Å². The summed E-state index contributed by atoms with van der Waals surface area (Å²) in [6.07, 6.45) is 1.48. The SMILES string of the molecule is CCOc1cc([C@@H]2C(=C(O)c3ccccc3)C(=O)C(=O)N2Cc2ccco2)ccc1O. The van der Waals surface area contributed by atoms with Crippen LogP contribution in [0.3, 0.4) is 0 Å². The van der Waals surface area contributed by atoms with Crippen molar-refractivity contribution in [3.05, 3.63) is 89.4 Å². The third-order valence-corrected chi connectivity index (χ3v) is 5.09. The van der Waals surface area contributed by atoms with Gasteiger partial charge in [0.15, 0.2) is 11.5 Å². The van der Waals surface area contributed by atoms with E-state index in [1.54, 1.807) is 61.5 Å². The maximum absolute atomic E-state index is 13.0. The number of likely N-dealkylation sites (tertiary alicyclic amines) is 1. The van der Waals surface area contributed by atoms with Gasteiger partial charge in [0.2, 0.25) is 0 Å². The summed E-state index contributed by atoms with van der Waals surface area (Å²) in [7, 11) is 0. The first-order valence-electron chi connectivity index (χ1n) is 9.83. The summed E-state index contributed by atoms with van der Waals surface area (Å²) >= 11 is 0. The summed E-state index contributed by atoms with van der Waals surface area (Å²) in [5, 5.41) is 21.1. The molecule has 1 amide bonds. The lowest BCUT2D eigenvalue weighted by molar-refractivity contribution is -0.140. The number of phenols is 1. The summed E-state index contributed by atoms with van der Waals surface area (Å²) < 4.78 is 10.9. The number of furan rings is 1. The summed E-state index contributed by atoms with van der Waals surface area (Å²) in [6, 6.07) is 15.7. The Labute approximate surface area is 178 Å². The molecule has 2 N–H and O–H groups in total. The first-order chi connectivity index (χ1) is 15.0. The zero-order valence-electron chi connectivity index (χ0n) is 16.8. The molecule has 1 aromatic heterocycles. The lowest BCUT2D eigenvalue weighted by atomic mass is 9.95. The average molecular weight is 419 g/mol. The second-order valence-corrected chi connectivity index (χ2v) is 7.03. The highest BCUT2D eigenvalue weighted by molar-refractivity contribution is 6.46. The maximum Gasteiger partial charge on any atom is 0.296 e. The van der Waals surface area contributed by atoms with E-state index in [-0.39, 0.29) is 29.4 Å². The van der Waals surface area contributed by atoms with Crippen molar-refractivity contribution in [2.24, 2.45) is 0 Å². The fourth-order valence-corrected chi connectivity index (χ4v) is 3.68. The Morgan fingerprint density at radius 1 is 1.10 bits per heavy atom. The molecule has 7 heteroatoms. The zero-order chi connectivity index (χ0) is 22.0. The van der Waals surface area contributed by atoms with Gasteiger partial charge in [-0.25, -0.2) is 0 Å². The average Bonchev–Trinajstić information content (AvgIpc) is 3.38. The van der Waals surface area contributed by atoms with Crippen LogP contribution in [0.15, 0.2) is 76.9 Å². The second-order valence-electron chi connectivity index (χ2n) is 7.03. The number of rotatable bonds is 6. The van der Waals surface area contributed by atoms with Crippen LogP contribution in [0.5, 0.6) is 11.5 Å². The second kappa shape index (κ2) is 8.39. The lowest BCUT2D eigenvalue weighted by Crippen LogP contribution is -2.29. The molecule has 31 heavy (non-hydrogen) atoms. The molecule has 0 saturated carbocycles. The monoisotopic (exact) mass is 419 g/mol. The lowest BCUT2D eigenvalue weighted by Gasteiger charge is -2.25. The Balaban J connectivity index is 1.88. The Bertz CT molecular complexity index is 1130. The first kappa shape index (κ1) is 20.3. The zero-order valence-corrected chi connectivity index (χ0v) is 16.8. The number of amides is 1. The molecule has 2 heterocycles. The van der Waals surface area contributed by atoms with Gasteiger partial charge in [-0.05, 0) is 36.8 Å². The number of aliphatic hydroxyl groups is 1. The van der Waals surface area contributed by atoms with Crippen molar-refractivity contribution < 1.29 is 29.0 Å². The Hall–Kier alpha value is -4.00. The van der Waals surface area contributed by atoms with Crippen molar-refractivity contribution in [1.82, 2.24) is 4.90 Å². The minimum absolute atomic E-state index is 0.0316. The molecule has 0 unspecified atom stereocenters. The number of Topliss-reactive ketones (excluding diaryl/α,β-unsaturated/α-hetero) is 1. The molecule has 1 saturated heterocycles. The first-order valence-corrected chi connectivity index (χ1v) is 9.83. The Morgan fingerprint density at radius 2 is 1.87 bits per heavy atom. The van der Waals surface area contributed by atoms with Crippen molar-refractivity contribution in [3.8, 4) is 11.5 Å². The molecule has 4 rings (SSSR count). The number of carbonyl (C=O) groups excluding carboxylic acids is 2. The van der Waals surface area contributed by atoms with Crippen molar-refractivity contribution >= 4 is 17.4 Å². The Morgan fingerprint density at radius 3 is 2.55 bits per heavy atom. The number of carbonyl (C=O) groups is 2. The van der Waals surface area contributed by atoms with E-state index in [4.69, 9.17) is 9.15 Å². The molecule has 1 aliphatic heterocycles. The molecule has 2 aromatic carbocycles. The molecule has 1 aliphatic rings. The van der Waals surface area contributed by atoms with Crippen LogP contribution in [0.2, 0.25) is 0 Å². The largest absolute Gasteiger partial charge is 0.507 e. The minimum Gasteiger partial charge on any atom is -0.507 e. The van der Waals surface area contributed by atoms with E-state index < -0.39 is 17.7 Å². The Kier molecular flexibility index (Phi) is 5.49. The molecule has 0 radical (unpaired) electrons. The van der Waals surface area contributed by atoms with E-state index in [1.165, 1.54) is 17.2 Å². The van der Waals surface area contributed by atoms with Crippen LogP contribution in [-0.4, -0.2) is 33.4 Å². The van der Waals surface area contributed by atoms with E-state index in [0.717, 1.165) is 0 Å². The number of benzene rings is 2. The van der Waals surface area contributed by atoms with Crippen molar-refractivity contribution in [2.45, 2.75) is 19.5 Å². The van der Waals surface area contributed by atoms with Crippen LogP contribution >= 0.6 is 0 Å². The summed E-state index contributed by atoms with van der Waals surface area (Å²) in [5.74, 6) is -1.14. The van der Waals surface area contributed by atoms with Crippen molar-refractivity contribution in [1.29, 1.82) is 0 Å². The van der Waals surface area contributed by atoms with Gasteiger partial charge in [-0.1, -0.05) is 36.4 Å². The molecule has 0 bridgehead atoms. The van der Waals surface area contributed by atoms with Crippen LogP contribution in [0, 0.1) is 0 Å². The topological polar surface area (TPSA) is 100 Å². The van der Waals surface area contributed by atoms with E-state index >= 15 is 0 Å². The highest BCUT2D eigenvalue weighted by Gasteiger charge is 2.46. The van der Waals surface area contributed by atoms with Gasteiger partial charge in [0.25, 0.3) is 11.7 Å². The number of phenolic OH excluding ortho intramolecular Hbond substituents is 1. The predicted octanol–water partition coefficient (Wildman–Crippen LogP) is 4.01. The van der Waals surface area contributed by atoms with Gasteiger partial charge in [-0.2, -0.15) is 0 Å². The third-order valence-electron chi connectivity index (χ3n) is 5.09. The molecule has 0 spiro atoms. The van der Waals surface area contributed by atoms with Gasteiger partial charge < -0.3 is 24.3 Å². The van der Waals surface area contributed by atoms with Crippen LogP contribution in [0.25, 0.3) is 5.76 Å². The number of aliphatic hydroxyl groups excluding tert-OH is 1. The van der Waals surface area contributed by atoms with Gasteiger partial charge in [-0.3, -0.25) is 9.59 Å². The fourth-order valence-electron chi connectivity index (χ4n) is 3.68. The number of aromatic hydroxyl groups is 1. The smallest absolute Gasteiger partial charge is 0.296 e. The van der Waals surface area contributed by atoms with Crippen molar-refractivity contribution in [2.75, 3.05) is 6.61 Å². The van der Waals surface area contributed by atoms with Crippen LogP contribution in [0.1, 0.15) is 29.9 Å². The highest BCUT2D eigenvalue weighted by atomic mass is 16.5. The van der Waals surface area contributed by atoms with E-state index in [1.807, 2.05) is 0 Å². The molecule has 7 nitrogen and oxygen atoms in total. The minimum atomic E-state index is -0.884. The summed E-state index contributed by atoms with van der Waals surface area (Å²) in [6.45, 7) is 2.15. The fraction of sp³-hybridized carbons (Fsp3) is 0.167. The number of ether oxygens (including phenoxy) is 1. The number of ketones is 1. The van der Waals surface area contributed by atoms with Gasteiger partial charge in [0.1, 0.15) is 11.5 Å². The van der Waals surface area contributed by atoms with Crippen LogP contribution < -0.4 is 4.74 Å². The van der Waals surface area contributed by atoms with Gasteiger partial charge >= 0.3 is 0 Å². The normalized spacial score (nSPS) is 17.8. The van der Waals surface area contributed by atoms with Crippen molar-refractivity contribution in [3.63, 3.8) is 0 Å². The summed E-state index contributed by atoms with van der Waals surface area (Å²) in [5.41, 5.74) is 0.910. The highest BCUT2D eigenvalue weighted by Crippen LogP contribution is 2.42. The van der Waals surface area contributed by atoms with E-state index in [0.29, 0.717) is 23.5 Å². The molecule has 1 fully saturated rings. The number of hydrogen-bond acceptors (Lipinski definition) is 6. The molecular weight excluding hydrogens is 398 g/mol. The molecular formula is C24H21NO6. The number of nitrogens with zero attached hydrogens (tertiary/aromatic N) is 1. The standard InChI is InChI=1S/C24H21NO6/c1-2-30-19-13-16(10-11-18(19)26)21-20(22(27)15-7-4-3-5-8-15)23(28)24(29)25(21)14-17-9-6-12-31-17/h3-13,21,26-27H,2,14H2,1H3/t21-/m1/s1. The van der Waals surface area contributed by atoms with E-state index in [9.17, 15) is 19.8 Å². The van der Waals surface area contributed by atoms with Gasteiger partial charge in [-0.15, -0.1) is 0 Å². The van der Waals surface area contributed by atoms with E-state index in [2.05, 4.69) is 0 Å². The van der Waals surface area contributed by atoms with Crippen LogP contribution in [-0.2, 0) is 16.1 Å². The molecule has 3 aromatic rings. The quantitative estimate of drug-likeness (QED) is 0.356. The van der Waals surface area contributed by atoms with Crippen LogP contribution in [0.4, 0.5) is 0 Å². The van der Waals surface area contributed by atoms with Gasteiger partial charge in [0.05, 0.1) is 31.0 Å². The molecule has 158 valence electrons. The number of hydrogen-bond donors (Lipinski definition) is 2. The maximum atomic E-state index is 13.0. The molecule has 1 atom stereocenters. The summed E-state index contributed by atoms with van der Waals surface area (Å²) in [4.78, 5) is 27.3. The predicted molar refractivity (Wildman–Crippen MR) is 112 cm³/mol. The molecule has 0 aliphatic carbocycles. The third kappa shape index (κ3) is 3.77.